The molecule has 0 amide bonds. The SMILES string of the molecule is CCOc1cc(Cl)c(C(N)c2cccc(C)c2F)cc1Cl. The maximum absolute atomic E-state index is 14.2. The van der Waals surface area contributed by atoms with Crippen LogP contribution < -0.4 is 10.5 Å². The van der Waals surface area contributed by atoms with Crippen LogP contribution in [0.5, 0.6) is 5.75 Å². The highest BCUT2D eigenvalue weighted by Gasteiger charge is 2.19. The predicted octanol–water partition coefficient (Wildman–Crippen LogP) is 4.89. The van der Waals surface area contributed by atoms with Gasteiger partial charge < -0.3 is 10.5 Å². The van der Waals surface area contributed by atoms with Gasteiger partial charge in [0.1, 0.15) is 11.6 Å². The number of nitrogens with two attached hydrogens (primary N) is 1. The minimum atomic E-state index is -0.689. The summed E-state index contributed by atoms with van der Waals surface area (Å²) in [5, 5.41) is 0.802. The van der Waals surface area contributed by atoms with Crippen molar-refractivity contribution in [1.82, 2.24) is 0 Å². The average Bonchev–Trinajstić information content (AvgIpc) is 2.45. The molecule has 0 saturated heterocycles. The molecule has 0 aliphatic rings. The molecule has 112 valence electrons. The summed E-state index contributed by atoms with van der Waals surface area (Å²) >= 11 is 12.4. The number of aryl methyl sites for hydroxylation is 1. The number of rotatable bonds is 4. The van der Waals surface area contributed by atoms with E-state index in [9.17, 15) is 4.39 Å². The molecule has 2 N–H and O–H groups in total. The number of hydrogen-bond acceptors (Lipinski definition) is 2. The highest BCUT2D eigenvalue weighted by Crippen LogP contribution is 2.36. The highest BCUT2D eigenvalue weighted by atomic mass is 35.5. The molecule has 0 bridgehead atoms. The van der Waals surface area contributed by atoms with Crippen molar-refractivity contribution >= 4 is 23.2 Å². The first-order valence-electron chi connectivity index (χ1n) is 6.58. The smallest absolute Gasteiger partial charge is 0.139 e. The Morgan fingerprint density at radius 1 is 1.19 bits per heavy atom. The molecule has 0 heterocycles. The van der Waals surface area contributed by atoms with Crippen LogP contribution in [-0.2, 0) is 0 Å². The molecule has 21 heavy (non-hydrogen) atoms. The Hall–Kier alpha value is -1.29. The van der Waals surface area contributed by atoms with Crippen LogP contribution in [0.3, 0.4) is 0 Å². The zero-order valence-corrected chi connectivity index (χ0v) is 13.3. The van der Waals surface area contributed by atoms with E-state index in [-0.39, 0.29) is 5.82 Å². The van der Waals surface area contributed by atoms with Crippen molar-refractivity contribution in [2.24, 2.45) is 5.73 Å². The quantitative estimate of drug-likeness (QED) is 0.867. The van der Waals surface area contributed by atoms with Crippen LogP contribution in [-0.4, -0.2) is 6.61 Å². The van der Waals surface area contributed by atoms with E-state index in [1.54, 1.807) is 37.3 Å². The van der Waals surface area contributed by atoms with Crippen molar-refractivity contribution in [2.75, 3.05) is 6.61 Å². The lowest BCUT2D eigenvalue weighted by molar-refractivity contribution is 0.340. The number of ether oxygens (including phenoxy) is 1. The summed E-state index contributed by atoms with van der Waals surface area (Å²) in [4.78, 5) is 0. The second kappa shape index (κ2) is 6.65. The Morgan fingerprint density at radius 2 is 1.90 bits per heavy atom. The standard InChI is InChI=1S/C16H16Cl2FNO/c1-3-21-14-8-12(17)11(7-13(14)18)16(20)10-6-4-5-9(2)15(10)19/h4-8,16H,3,20H2,1-2H3. The molecule has 0 aliphatic heterocycles. The van der Waals surface area contributed by atoms with Crippen molar-refractivity contribution in [3.63, 3.8) is 0 Å². The van der Waals surface area contributed by atoms with Gasteiger partial charge in [-0.15, -0.1) is 0 Å². The molecular formula is C16H16Cl2FNO. The lowest BCUT2D eigenvalue weighted by atomic mass is 9.97. The fourth-order valence-electron chi connectivity index (χ4n) is 2.13. The Bertz CT molecular complexity index is 661. The second-order valence-electron chi connectivity index (χ2n) is 4.69. The Balaban J connectivity index is 2.46. The van der Waals surface area contributed by atoms with Gasteiger partial charge in [0, 0.05) is 16.7 Å². The van der Waals surface area contributed by atoms with Gasteiger partial charge in [0.05, 0.1) is 17.7 Å². The summed E-state index contributed by atoms with van der Waals surface area (Å²) in [6.45, 7) is 4.03. The topological polar surface area (TPSA) is 35.2 Å². The molecule has 2 aromatic carbocycles. The van der Waals surface area contributed by atoms with E-state index in [0.29, 0.717) is 39.1 Å². The molecule has 0 spiro atoms. The van der Waals surface area contributed by atoms with Crippen LogP contribution >= 0.6 is 23.2 Å². The van der Waals surface area contributed by atoms with Crippen molar-refractivity contribution in [3.8, 4) is 5.75 Å². The summed E-state index contributed by atoms with van der Waals surface area (Å²) in [5.41, 5.74) is 7.64. The van der Waals surface area contributed by atoms with Crippen molar-refractivity contribution < 1.29 is 9.13 Å². The lowest BCUT2D eigenvalue weighted by Gasteiger charge is -2.17. The van der Waals surface area contributed by atoms with E-state index >= 15 is 0 Å². The van der Waals surface area contributed by atoms with E-state index in [1.165, 1.54) is 0 Å². The van der Waals surface area contributed by atoms with Crippen LogP contribution in [0, 0.1) is 12.7 Å². The highest BCUT2D eigenvalue weighted by molar-refractivity contribution is 6.34. The van der Waals surface area contributed by atoms with E-state index in [2.05, 4.69) is 0 Å². The van der Waals surface area contributed by atoms with Crippen LogP contribution in [0.2, 0.25) is 10.0 Å². The Labute approximate surface area is 133 Å². The minimum Gasteiger partial charge on any atom is -0.492 e. The maximum atomic E-state index is 14.2. The number of hydrogen-bond donors (Lipinski definition) is 1. The molecule has 2 rings (SSSR count). The normalized spacial score (nSPS) is 12.3. The lowest BCUT2D eigenvalue weighted by Crippen LogP contribution is -2.15. The fraction of sp³-hybridized carbons (Fsp3) is 0.250. The molecule has 2 aromatic rings. The summed E-state index contributed by atoms with van der Waals surface area (Å²) in [5.74, 6) is 0.163. The van der Waals surface area contributed by atoms with Gasteiger partial charge in [-0.25, -0.2) is 4.39 Å². The van der Waals surface area contributed by atoms with E-state index in [1.807, 2.05) is 6.92 Å². The third-order valence-electron chi connectivity index (χ3n) is 3.24. The molecule has 1 unspecified atom stereocenters. The van der Waals surface area contributed by atoms with Gasteiger partial charge in [0.25, 0.3) is 0 Å². The summed E-state index contributed by atoms with van der Waals surface area (Å²) in [6, 6.07) is 7.65. The minimum absolute atomic E-state index is 0.328. The second-order valence-corrected chi connectivity index (χ2v) is 5.51. The van der Waals surface area contributed by atoms with Crippen LogP contribution in [0.1, 0.15) is 29.7 Å². The maximum Gasteiger partial charge on any atom is 0.139 e. The molecule has 0 saturated carbocycles. The monoisotopic (exact) mass is 327 g/mol. The van der Waals surface area contributed by atoms with Crippen LogP contribution in [0.4, 0.5) is 4.39 Å². The Morgan fingerprint density at radius 3 is 2.57 bits per heavy atom. The van der Waals surface area contributed by atoms with Gasteiger partial charge in [-0.05, 0) is 31.0 Å². The van der Waals surface area contributed by atoms with E-state index in [0.717, 1.165) is 0 Å². The van der Waals surface area contributed by atoms with Crippen molar-refractivity contribution in [1.29, 1.82) is 0 Å². The van der Waals surface area contributed by atoms with Gasteiger partial charge in [-0.1, -0.05) is 41.4 Å². The molecular weight excluding hydrogens is 312 g/mol. The molecule has 1 atom stereocenters. The van der Waals surface area contributed by atoms with Crippen molar-refractivity contribution in [3.05, 3.63) is 62.9 Å². The first kappa shape index (κ1) is 16.1. The summed E-state index contributed by atoms with van der Waals surface area (Å²) in [6.07, 6.45) is 0. The van der Waals surface area contributed by atoms with Gasteiger partial charge in [-0.3, -0.25) is 0 Å². The van der Waals surface area contributed by atoms with Crippen LogP contribution in [0.15, 0.2) is 30.3 Å². The summed E-state index contributed by atoms with van der Waals surface area (Å²) in [7, 11) is 0. The van der Waals surface area contributed by atoms with Gasteiger partial charge >= 0.3 is 0 Å². The molecule has 0 radical (unpaired) electrons. The zero-order chi connectivity index (χ0) is 15.6. The van der Waals surface area contributed by atoms with Gasteiger partial charge in [0.2, 0.25) is 0 Å². The molecule has 5 heteroatoms. The average molecular weight is 328 g/mol. The summed E-state index contributed by atoms with van der Waals surface area (Å²) < 4.78 is 19.6. The van der Waals surface area contributed by atoms with Gasteiger partial charge in [-0.2, -0.15) is 0 Å². The zero-order valence-electron chi connectivity index (χ0n) is 11.8. The molecule has 0 fully saturated rings. The number of benzene rings is 2. The fourth-order valence-corrected chi connectivity index (χ4v) is 2.62. The van der Waals surface area contributed by atoms with E-state index in [4.69, 9.17) is 33.7 Å². The molecule has 0 aliphatic carbocycles. The molecule has 2 nitrogen and oxygen atoms in total. The van der Waals surface area contributed by atoms with Crippen LogP contribution in [0.25, 0.3) is 0 Å². The molecule has 0 aromatic heterocycles. The first-order chi connectivity index (χ1) is 9.95. The third-order valence-corrected chi connectivity index (χ3v) is 3.87. The van der Waals surface area contributed by atoms with E-state index < -0.39 is 6.04 Å². The number of halogens is 3. The van der Waals surface area contributed by atoms with Crippen molar-refractivity contribution in [2.45, 2.75) is 19.9 Å². The largest absolute Gasteiger partial charge is 0.492 e. The first-order valence-corrected chi connectivity index (χ1v) is 7.33. The predicted molar refractivity (Wildman–Crippen MR) is 84.8 cm³/mol. The Kier molecular flexibility index (Phi) is 5.09. The van der Waals surface area contributed by atoms with Gasteiger partial charge in [0.15, 0.2) is 0 Å². The third kappa shape index (κ3) is 3.31.